The summed E-state index contributed by atoms with van der Waals surface area (Å²) in [4.78, 5) is -0.218. The van der Waals surface area contributed by atoms with Gasteiger partial charge < -0.3 is 5.32 Å². The van der Waals surface area contributed by atoms with Gasteiger partial charge in [0.2, 0.25) is 10.0 Å². The van der Waals surface area contributed by atoms with Gasteiger partial charge in [-0.2, -0.15) is 4.31 Å². The normalized spacial score (nSPS) is 20.3. The number of likely N-dealkylation sites (N-methyl/N-ethyl adjacent to an activating group) is 1. The molecule has 0 amide bonds. The third-order valence-electron chi connectivity index (χ3n) is 3.66. The average Bonchev–Trinajstić information content (AvgIpc) is 2.43. The Hall–Kier alpha value is -0.980. The molecule has 0 spiro atoms. The second-order valence-corrected chi connectivity index (χ2v) is 7.00. The SMILES string of the molecule is CCN(C1CCCNC1)S(=O)(=O)c1cc(C)ccc1F. The lowest BCUT2D eigenvalue weighted by atomic mass is 10.1. The maximum atomic E-state index is 13.9. The molecule has 1 aromatic rings. The molecule has 1 atom stereocenters. The zero-order chi connectivity index (χ0) is 14.8. The van der Waals surface area contributed by atoms with Crippen molar-refractivity contribution in [3.8, 4) is 0 Å². The molecule has 0 aliphatic carbocycles. The van der Waals surface area contributed by atoms with Gasteiger partial charge in [-0.05, 0) is 44.0 Å². The van der Waals surface area contributed by atoms with Crippen LogP contribution in [0.25, 0.3) is 0 Å². The molecule has 4 nitrogen and oxygen atoms in total. The van der Waals surface area contributed by atoms with Crippen molar-refractivity contribution < 1.29 is 12.8 Å². The first kappa shape index (κ1) is 15.4. The van der Waals surface area contributed by atoms with Crippen LogP contribution in [0.15, 0.2) is 23.1 Å². The molecule has 1 saturated heterocycles. The van der Waals surface area contributed by atoms with Crippen molar-refractivity contribution in [2.75, 3.05) is 19.6 Å². The number of hydrogen-bond acceptors (Lipinski definition) is 3. The maximum absolute atomic E-state index is 13.9. The number of rotatable bonds is 4. The van der Waals surface area contributed by atoms with E-state index in [0.717, 1.165) is 24.9 Å². The maximum Gasteiger partial charge on any atom is 0.246 e. The lowest BCUT2D eigenvalue weighted by molar-refractivity contribution is 0.273. The summed E-state index contributed by atoms with van der Waals surface area (Å²) in [6, 6.07) is 4.10. The van der Waals surface area contributed by atoms with Crippen molar-refractivity contribution in [2.45, 2.75) is 37.6 Å². The fraction of sp³-hybridized carbons (Fsp3) is 0.571. The van der Waals surface area contributed by atoms with E-state index in [4.69, 9.17) is 0 Å². The Morgan fingerprint density at radius 2 is 2.20 bits per heavy atom. The van der Waals surface area contributed by atoms with Gasteiger partial charge in [-0.15, -0.1) is 0 Å². The van der Waals surface area contributed by atoms with Gasteiger partial charge in [0.15, 0.2) is 0 Å². The van der Waals surface area contributed by atoms with E-state index in [1.54, 1.807) is 19.9 Å². The van der Waals surface area contributed by atoms with Crippen LogP contribution in [0.3, 0.4) is 0 Å². The van der Waals surface area contributed by atoms with Gasteiger partial charge in [0.05, 0.1) is 0 Å². The van der Waals surface area contributed by atoms with Crippen molar-refractivity contribution in [3.63, 3.8) is 0 Å². The van der Waals surface area contributed by atoms with E-state index < -0.39 is 15.8 Å². The molecule has 0 aromatic heterocycles. The topological polar surface area (TPSA) is 49.4 Å². The standard InChI is InChI=1S/C14H21FN2O2S/c1-3-17(12-5-4-8-16-10-12)20(18,19)14-9-11(2)6-7-13(14)15/h6-7,9,12,16H,3-5,8,10H2,1-2H3. The molecule has 0 bridgehead atoms. The Morgan fingerprint density at radius 3 is 2.80 bits per heavy atom. The lowest BCUT2D eigenvalue weighted by Gasteiger charge is -2.33. The fourth-order valence-electron chi connectivity index (χ4n) is 2.64. The van der Waals surface area contributed by atoms with Crippen LogP contribution >= 0.6 is 0 Å². The van der Waals surface area contributed by atoms with E-state index in [2.05, 4.69) is 5.32 Å². The molecule has 6 heteroatoms. The number of nitrogens with one attached hydrogen (secondary N) is 1. The number of hydrogen-bond donors (Lipinski definition) is 1. The highest BCUT2D eigenvalue weighted by Crippen LogP contribution is 2.24. The van der Waals surface area contributed by atoms with E-state index >= 15 is 0 Å². The first-order valence-electron chi connectivity index (χ1n) is 6.95. The molecular formula is C14H21FN2O2S. The van der Waals surface area contributed by atoms with Crippen LogP contribution in [-0.2, 0) is 10.0 Å². The second kappa shape index (κ2) is 6.20. The van der Waals surface area contributed by atoms with Gasteiger partial charge >= 0.3 is 0 Å². The van der Waals surface area contributed by atoms with Gasteiger partial charge in [-0.3, -0.25) is 0 Å². The van der Waals surface area contributed by atoms with Gasteiger partial charge in [-0.1, -0.05) is 13.0 Å². The summed E-state index contributed by atoms with van der Waals surface area (Å²) in [6.07, 6.45) is 1.75. The molecule has 1 N–H and O–H groups in total. The highest BCUT2D eigenvalue weighted by Gasteiger charge is 2.32. The molecule has 112 valence electrons. The van der Waals surface area contributed by atoms with E-state index in [9.17, 15) is 12.8 Å². The lowest BCUT2D eigenvalue weighted by Crippen LogP contribution is -2.48. The molecule has 1 heterocycles. The van der Waals surface area contributed by atoms with E-state index in [-0.39, 0.29) is 10.9 Å². The Bertz CT molecular complexity index is 569. The van der Waals surface area contributed by atoms with Gasteiger partial charge in [0.1, 0.15) is 10.7 Å². The van der Waals surface area contributed by atoms with Crippen molar-refractivity contribution in [1.82, 2.24) is 9.62 Å². The van der Waals surface area contributed by atoms with Gasteiger partial charge in [0, 0.05) is 19.1 Å². The summed E-state index contributed by atoms with van der Waals surface area (Å²) in [5, 5.41) is 3.20. The zero-order valence-corrected chi connectivity index (χ0v) is 12.7. The minimum Gasteiger partial charge on any atom is -0.315 e. The molecule has 0 saturated carbocycles. The molecule has 1 aliphatic rings. The number of nitrogens with zero attached hydrogens (tertiary/aromatic N) is 1. The first-order valence-corrected chi connectivity index (χ1v) is 8.39. The summed E-state index contributed by atoms with van der Waals surface area (Å²) in [7, 11) is -3.79. The predicted molar refractivity (Wildman–Crippen MR) is 76.6 cm³/mol. The van der Waals surface area contributed by atoms with Crippen LogP contribution in [0.1, 0.15) is 25.3 Å². The Kier molecular flexibility index (Phi) is 4.78. The highest BCUT2D eigenvalue weighted by atomic mass is 32.2. The monoisotopic (exact) mass is 300 g/mol. The Balaban J connectivity index is 2.38. The van der Waals surface area contributed by atoms with E-state index in [1.807, 2.05) is 0 Å². The first-order chi connectivity index (χ1) is 9.46. The van der Waals surface area contributed by atoms with Crippen molar-refractivity contribution in [3.05, 3.63) is 29.6 Å². The predicted octanol–water partition coefficient (Wildman–Crippen LogP) is 1.90. The van der Waals surface area contributed by atoms with Crippen molar-refractivity contribution >= 4 is 10.0 Å². The van der Waals surface area contributed by atoms with Crippen molar-refractivity contribution in [2.24, 2.45) is 0 Å². The van der Waals surface area contributed by atoms with Crippen LogP contribution in [0.5, 0.6) is 0 Å². The summed E-state index contributed by atoms with van der Waals surface area (Å²) >= 11 is 0. The molecule has 1 unspecified atom stereocenters. The fourth-order valence-corrected chi connectivity index (χ4v) is 4.45. The number of benzene rings is 1. The number of halogens is 1. The number of aryl methyl sites for hydroxylation is 1. The molecular weight excluding hydrogens is 279 g/mol. The Labute approximate surface area is 120 Å². The highest BCUT2D eigenvalue weighted by molar-refractivity contribution is 7.89. The largest absolute Gasteiger partial charge is 0.315 e. The van der Waals surface area contributed by atoms with Crippen LogP contribution in [0, 0.1) is 12.7 Å². The summed E-state index contributed by atoms with van der Waals surface area (Å²) in [5.74, 6) is -0.683. The third kappa shape index (κ3) is 3.02. The summed E-state index contributed by atoms with van der Waals surface area (Å²) in [6.45, 7) is 5.44. The summed E-state index contributed by atoms with van der Waals surface area (Å²) in [5.41, 5.74) is 0.739. The number of piperidine rings is 1. The minimum absolute atomic E-state index is 0.0985. The van der Waals surface area contributed by atoms with Crippen LogP contribution < -0.4 is 5.32 Å². The number of sulfonamides is 1. The second-order valence-electron chi connectivity index (χ2n) is 5.14. The molecule has 1 aromatic carbocycles. The smallest absolute Gasteiger partial charge is 0.246 e. The zero-order valence-electron chi connectivity index (χ0n) is 11.9. The molecule has 1 aliphatic heterocycles. The van der Waals surface area contributed by atoms with Crippen LogP contribution in [-0.4, -0.2) is 38.4 Å². The molecule has 2 rings (SSSR count). The molecule has 1 fully saturated rings. The van der Waals surface area contributed by atoms with Crippen LogP contribution in [0.4, 0.5) is 4.39 Å². The van der Waals surface area contributed by atoms with Crippen LogP contribution in [0.2, 0.25) is 0 Å². The molecule has 20 heavy (non-hydrogen) atoms. The van der Waals surface area contributed by atoms with Gasteiger partial charge in [-0.25, -0.2) is 12.8 Å². The van der Waals surface area contributed by atoms with E-state index in [1.165, 1.54) is 16.4 Å². The van der Waals surface area contributed by atoms with Crippen molar-refractivity contribution in [1.29, 1.82) is 0 Å². The Morgan fingerprint density at radius 1 is 1.45 bits per heavy atom. The molecule has 0 radical (unpaired) electrons. The van der Waals surface area contributed by atoms with E-state index in [0.29, 0.717) is 13.1 Å². The van der Waals surface area contributed by atoms with Gasteiger partial charge in [0.25, 0.3) is 0 Å². The summed E-state index contributed by atoms with van der Waals surface area (Å²) < 4.78 is 40.7. The average molecular weight is 300 g/mol. The minimum atomic E-state index is -3.79. The quantitative estimate of drug-likeness (QED) is 0.924. The third-order valence-corrected chi connectivity index (χ3v) is 5.71.